The predicted molar refractivity (Wildman–Crippen MR) is 193 cm³/mol. The van der Waals surface area contributed by atoms with E-state index in [-0.39, 0.29) is 23.9 Å². The quantitative estimate of drug-likeness (QED) is 0.359. The second-order valence-corrected chi connectivity index (χ2v) is 17.7. The topological polar surface area (TPSA) is 104 Å². The minimum atomic E-state index is -3.95. The lowest BCUT2D eigenvalue weighted by Crippen LogP contribution is -2.57. The van der Waals surface area contributed by atoms with E-state index >= 15 is 4.79 Å². The molecule has 2 amide bonds. The highest BCUT2D eigenvalue weighted by molar-refractivity contribution is 7.87. The van der Waals surface area contributed by atoms with Gasteiger partial charge in [0.1, 0.15) is 5.75 Å². The number of nitrogens with one attached hydrogen (secondary N) is 1. The molecule has 9 rings (SSSR count). The number of carbonyl (C=O) groups excluding carboxylic acids is 2. The first-order chi connectivity index (χ1) is 24.2. The third kappa shape index (κ3) is 5.12. The maximum absolute atomic E-state index is 15.1. The van der Waals surface area contributed by atoms with E-state index in [1.165, 1.54) is 34.7 Å². The van der Waals surface area contributed by atoms with Crippen LogP contribution < -0.4 is 9.46 Å². The van der Waals surface area contributed by atoms with Gasteiger partial charge in [0.2, 0.25) is 5.91 Å². The number of piperidine rings is 1. The van der Waals surface area contributed by atoms with Crippen molar-refractivity contribution in [1.29, 1.82) is 0 Å². The Morgan fingerprint density at radius 1 is 0.900 bits per heavy atom. The van der Waals surface area contributed by atoms with Gasteiger partial charge in [0, 0.05) is 72.8 Å². The molecule has 1 aromatic heterocycles. The number of methoxy groups -OCH3 is 1. The Balaban J connectivity index is 1.19. The molecule has 10 nitrogen and oxygen atoms in total. The molecule has 4 unspecified atom stereocenters. The van der Waals surface area contributed by atoms with Gasteiger partial charge in [-0.05, 0) is 99.4 Å². The summed E-state index contributed by atoms with van der Waals surface area (Å²) in [4.78, 5) is 33.4. The second kappa shape index (κ2) is 12.1. The molecule has 1 N–H and O–H groups in total. The number of likely N-dealkylation sites (tertiary alicyclic amines) is 1. The molecule has 11 heteroatoms. The van der Waals surface area contributed by atoms with Gasteiger partial charge in [-0.2, -0.15) is 12.7 Å². The van der Waals surface area contributed by atoms with Crippen molar-refractivity contribution in [2.75, 3.05) is 40.3 Å². The fourth-order valence-corrected chi connectivity index (χ4v) is 11.7. The smallest absolute Gasteiger partial charge is 0.304 e. The summed E-state index contributed by atoms with van der Waals surface area (Å²) >= 11 is 0. The van der Waals surface area contributed by atoms with Crippen LogP contribution in [0.3, 0.4) is 0 Å². The monoisotopic (exact) mass is 699 g/mol. The van der Waals surface area contributed by atoms with Crippen LogP contribution in [-0.4, -0.2) is 91.3 Å². The highest BCUT2D eigenvalue weighted by Crippen LogP contribution is 2.66. The lowest BCUT2D eigenvalue weighted by atomic mass is 9.81. The zero-order valence-electron chi connectivity index (χ0n) is 29.3. The number of fused-ring (bicyclic) bond motifs is 9. The first-order valence-electron chi connectivity index (χ1n) is 18.9. The standard InChI is InChI=1S/C39H49N5O5S/c1-41-22-27-12-13-28(23-41)44(27)38(46)39-21-33(39)32-20-29(49-2)14-16-30(32)36-35(25-9-5-3-6-10-25)31-15-11-26(19-34(31)43(36)24-39)37(45)40-50(47,48)42-17-7-4-8-18-42/h11,14-16,19-20,25,27-28,33H,3-10,12-13,17-18,21-24H2,1-2H3,(H,40,45). The van der Waals surface area contributed by atoms with Crippen molar-refractivity contribution < 1.29 is 22.7 Å². The first kappa shape index (κ1) is 32.5. The normalized spacial score (nSPS) is 28.4. The molecular formula is C39H49N5O5S. The Morgan fingerprint density at radius 3 is 2.34 bits per heavy atom. The third-order valence-corrected chi connectivity index (χ3v) is 14.5. The molecule has 6 aliphatic rings. The Bertz CT molecular complexity index is 1970. The van der Waals surface area contributed by atoms with E-state index in [0.29, 0.717) is 31.1 Å². The van der Waals surface area contributed by atoms with Gasteiger partial charge in [-0.25, -0.2) is 4.72 Å². The van der Waals surface area contributed by atoms with E-state index in [1.54, 1.807) is 13.2 Å². The lowest BCUT2D eigenvalue weighted by Gasteiger charge is -2.41. The van der Waals surface area contributed by atoms with Crippen LogP contribution in [-0.2, 0) is 21.5 Å². The second-order valence-electron chi connectivity index (χ2n) is 16.0. The number of benzene rings is 2. The van der Waals surface area contributed by atoms with Crippen molar-refractivity contribution in [3.8, 4) is 17.0 Å². The minimum Gasteiger partial charge on any atom is -0.497 e. The average molecular weight is 700 g/mol. The van der Waals surface area contributed by atoms with E-state index in [2.05, 4.69) is 38.3 Å². The molecule has 0 radical (unpaired) electrons. The number of hydrogen-bond acceptors (Lipinski definition) is 6. The van der Waals surface area contributed by atoms with Crippen molar-refractivity contribution in [2.24, 2.45) is 5.41 Å². The van der Waals surface area contributed by atoms with Crippen LogP contribution >= 0.6 is 0 Å². The summed E-state index contributed by atoms with van der Waals surface area (Å²) in [5.74, 6) is 0.900. The van der Waals surface area contributed by atoms with Crippen LogP contribution in [0.15, 0.2) is 36.4 Å². The number of carbonyl (C=O) groups is 2. The number of rotatable bonds is 6. The average Bonchev–Trinajstić information content (AvgIpc) is 3.71. The number of amides is 2. The van der Waals surface area contributed by atoms with Crippen molar-refractivity contribution in [3.05, 3.63) is 53.1 Å². The summed E-state index contributed by atoms with van der Waals surface area (Å²) in [7, 11) is -0.0830. The number of hydrogen-bond donors (Lipinski definition) is 1. The van der Waals surface area contributed by atoms with Gasteiger partial charge in [0.05, 0.1) is 18.2 Å². The van der Waals surface area contributed by atoms with Crippen LogP contribution in [0.2, 0.25) is 0 Å². The van der Waals surface area contributed by atoms with Crippen LogP contribution in [0, 0.1) is 5.41 Å². The number of piperazine rings is 1. The molecule has 5 heterocycles. The molecule has 2 aromatic carbocycles. The molecule has 2 bridgehead atoms. The Hall–Kier alpha value is -3.41. The summed E-state index contributed by atoms with van der Waals surface area (Å²) in [5.41, 5.74) is 5.44. The lowest BCUT2D eigenvalue weighted by molar-refractivity contribution is -0.143. The van der Waals surface area contributed by atoms with E-state index < -0.39 is 21.5 Å². The van der Waals surface area contributed by atoms with Crippen LogP contribution in [0.5, 0.6) is 5.75 Å². The van der Waals surface area contributed by atoms with E-state index in [9.17, 15) is 13.2 Å². The fourth-order valence-electron chi connectivity index (χ4n) is 10.5. The van der Waals surface area contributed by atoms with Gasteiger partial charge in [-0.1, -0.05) is 31.7 Å². The number of likely N-dealkylation sites (N-methyl/N-ethyl adjacent to an activating group) is 1. The van der Waals surface area contributed by atoms with E-state index in [1.807, 2.05) is 18.2 Å². The Labute approximate surface area is 295 Å². The highest BCUT2D eigenvalue weighted by Gasteiger charge is 2.65. The van der Waals surface area contributed by atoms with Gasteiger partial charge in [0.15, 0.2) is 0 Å². The molecular weight excluding hydrogens is 651 g/mol. The largest absolute Gasteiger partial charge is 0.497 e. The molecule has 3 saturated heterocycles. The Kier molecular flexibility index (Phi) is 7.86. The minimum absolute atomic E-state index is 0.0782. The molecule has 2 saturated carbocycles. The molecule has 2 aliphatic carbocycles. The molecule has 4 atom stereocenters. The molecule has 50 heavy (non-hydrogen) atoms. The van der Waals surface area contributed by atoms with Crippen LogP contribution in [0.4, 0.5) is 0 Å². The molecule has 4 aliphatic heterocycles. The number of nitrogens with zero attached hydrogens (tertiary/aromatic N) is 4. The van der Waals surface area contributed by atoms with Crippen molar-refractivity contribution >= 4 is 32.9 Å². The first-order valence-corrected chi connectivity index (χ1v) is 20.3. The Morgan fingerprint density at radius 2 is 1.62 bits per heavy atom. The summed E-state index contributed by atoms with van der Waals surface area (Å²) in [6.07, 6.45) is 11.3. The SMILES string of the molecule is COc1ccc2c(c1)C1CC1(C(=O)N1C3CCC1CN(C)C3)Cn1c-2c(C2CCCCC2)c2ccc(C(=O)NS(=O)(=O)N3CCCCC3)cc21. The van der Waals surface area contributed by atoms with Gasteiger partial charge in [-0.15, -0.1) is 0 Å². The maximum Gasteiger partial charge on any atom is 0.304 e. The summed E-state index contributed by atoms with van der Waals surface area (Å²) in [6, 6.07) is 12.6. The van der Waals surface area contributed by atoms with Gasteiger partial charge in [-0.3, -0.25) is 9.59 Å². The number of aromatic nitrogens is 1. The van der Waals surface area contributed by atoms with Crippen molar-refractivity contribution in [1.82, 2.24) is 23.4 Å². The van der Waals surface area contributed by atoms with Crippen molar-refractivity contribution in [2.45, 2.75) is 101 Å². The van der Waals surface area contributed by atoms with Crippen molar-refractivity contribution in [3.63, 3.8) is 0 Å². The molecule has 5 fully saturated rings. The van der Waals surface area contributed by atoms with E-state index in [4.69, 9.17) is 4.74 Å². The van der Waals surface area contributed by atoms with E-state index in [0.717, 1.165) is 92.4 Å². The summed E-state index contributed by atoms with van der Waals surface area (Å²) in [6.45, 7) is 3.21. The third-order valence-electron chi connectivity index (χ3n) is 13.0. The zero-order valence-corrected chi connectivity index (χ0v) is 30.1. The van der Waals surface area contributed by atoms with Gasteiger partial charge >= 0.3 is 10.2 Å². The van der Waals surface area contributed by atoms with Crippen LogP contribution in [0.1, 0.15) is 104 Å². The highest BCUT2D eigenvalue weighted by atomic mass is 32.2. The fraction of sp³-hybridized carbons (Fsp3) is 0.590. The molecule has 266 valence electrons. The maximum atomic E-state index is 15.1. The summed E-state index contributed by atoms with van der Waals surface area (Å²) < 4.78 is 38.4. The molecule has 0 spiro atoms. The summed E-state index contributed by atoms with van der Waals surface area (Å²) in [5, 5.41) is 1.10. The van der Waals surface area contributed by atoms with Crippen LogP contribution in [0.25, 0.3) is 22.2 Å². The zero-order chi connectivity index (χ0) is 34.4. The number of ether oxygens (including phenoxy) is 1. The van der Waals surface area contributed by atoms with Gasteiger partial charge < -0.3 is 19.1 Å². The predicted octanol–water partition coefficient (Wildman–Crippen LogP) is 5.62. The van der Waals surface area contributed by atoms with Gasteiger partial charge in [0.25, 0.3) is 5.91 Å². The molecule has 3 aromatic rings.